The maximum Gasteiger partial charge on any atom is 0.573 e. The Kier molecular flexibility index (Phi) is 9.82. The normalized spacial score (nSPS) is 17.5. The Morgan fingerprint density at radius 1 is 0.865 bits per heavy atom. The van der Waals surface area contributed by atoms with Crippen molar-refractivity contribution >= 4 is 84.2 Å². The number of carbonyl (C=O) groups is 2. The lowest BCUT2D eigenvalue weighted by atomic mass is 9.87. The highest BCUT2D eigenvalue weighted by molar-refractivity contribution is 7.19. The first-order valence-electron chi connectivity index (χ1n) is 16.5. The number of ether oxygens (including phenoxy) is 1. The molecule has 1 aliphatic heterocycles. The van der Waals surface area contributed by atoms with Crippen molar-refractivity contribution in [1.29, 1.82) is 0 Å². The number of halogens is 4. The number of aliphatic imine (C=N–C) groups is 1. The fraction of sp³-hybridized carbons (Fsp3) is 0.400. The SMILES string of the molecule is CN(C)C(=O)C1CCc2c(sc3ncnc(Cl)c23)C1.CN(C)C(=O)C1CCc2c(sc3ncnc(Nc4cc5c(cc4OC(F)(F)F)CN=C5)c23)C1. The fourth-order valence-electron chi connectivity index (χ4n) is 7.00. The number of aromatic nitrogens is 4. The van der Waals surface area contributed by atoms with Gasteiger partial charge in [0, 0.05) is 56.0 Å². The summed E-state index contributed by atoms with van der Waals surface area (Å²) in [5, 5.41) is 5.34. The number of rotatable bonds is 5. The Balaban J connectivity index is 0.000000187. The Labute approximate surface area is 309 Å². The van der Waals surface area contributed by atoms with Crippen LogP contribution in [0.2, 0.25) is 5.15 Å². The van der Waals surface area contributed by atoms with Gasteiger partial charge < -0.3 is 19.9 Å². The molecule has 11 nitrogen and oxygen atoms in total. The summed E-state index contributed by atoms with van der Waals surface area (Å²) in [4.78, 5) is 52.9. The number of nitrogens with one attached hydrogen (secondary N) is 1. The van der Waals surface area contributed by atoms with Crippen molar-refractivity contribution < 1.29 is 27.5 Å². The molecule has 0 bridgehead atoms. The zero-order valence-electron chi connectivity index (χ0n) is 28.7. The first-order chi connectivity index (χ1) is 24.8. The van der Waals surface area contributed by atoms with Gasteiger partial charge in [-0.25, -0.2) is 19.9 Å². The largest absolute Gasteiger partial charge is 0.573 e. The summed E-state index contributed by atoms with van der Waals surface area (Å²) >= 11 is 9.30. The number of hydrogen-bond acceptors (Lipinski definition) is 11. The molecular formula is C35H34ClF3N8O3S2. The van der Waals surface area contributed by atoms with Crippen molar-refractivity contribution in [2.24, 2.45) is 16.8 Å². The van der Waals surface area contributed by atoms with Crippen LogP contribution < -0.4 is 10.1 Å². The third kappa shape index (κ3) is 7.15. The zero-order valence-corrected chi connectivity index (χ0v) is 31.1. The second-order valence-electron chi connectivity index (χ2n) is 13.3. The van der Waals surface area contributed by atoms with Crippen LogP contribution in [0.1, 0.15) is 44.8 Å². The summed E-state index contributed by atoms with van der Waals surface area (Å²) in [6.07, 6.45) is 4.21. The molecule has 272 valence electrons. The van der Waals surface area contributed by atoms with E-state index in [1.54, 1.807) is 47.5 Å². The van der Waals surface area contributed by atoms with Gasteiger partial charge in [-0.15, -0.1) is 35.8 Å². The van der Waals surface area contributed by atoms with Crippen LogP contribution in [0.4, 0.5) is 24.7 Å². The molecule has 52 heavy (non-hydrogen) atoms. The molecule has 17 heteroatoms. The molecule has 2 amide bonds. The predicted molar refractivity (Wildman–Crippen MR) is 196 cm³/mol. The number of carbonyl (C=O) groups excluding carboxylic acids is 2. The Bertz CT molecular complexity index is 2240. The van der Waals surface area contributed by atoms with Gasteiger partial charge in [0.05, 0.1) is 23.0 Å². The van der Waals surface area contributed by atoms with Crippen LogP contribution in [0.25, 0.3) is 20.4 Å². The van der Waals surface area contributed by atoms with Crippen molar-refractivity contribution in [3.63, 3.8) is 0 Å². The number of benzene rings is 1. The lowest BCUT2D eigenvalue weighted by Crippen LogP contribution is -2.32. The molecule has 0 radical (unpaired) electrons. The van der Waals surface area contributed by atoms with E-state index < -0.39 is 6.36 Å². The first-order valence-corrected chi connectivity index (χ1v) is 18.6. The molecule has 8 rings (SSSR count). The van der Waals surface area contributed by atoms with E-state index in [4.69, 9.17) is 11.6 Å². The van der Waals surface area contributed by atoms with E-state index in [0.717, 1.165) is 55.7 Å². The van der Waals surface area contributed by atoms with Gasteiger partial charge in [0.1, 0.15) is 33.3 Å². The fourth-order valence-corrected chi connectivity index (χ4v) is 9.84. The number of hydrogen-bond donors (Lipinski definition) is 1. The molecular weight excluding hydrogens is 737 g/mol. The summed E-state index contributed by atoms with van der Waals surface area (Å²) in [7, 11) is 7.12. The van der Waals surface area contributed by atoms with Crippen LogP contribution in [0, 0.1) is 11.8 Å². The average molecular weight is 771 g/mol. The van der Waals surface area contributed by atoms with E-state index in [-0.39, 0.29) is 35.1 Å². The van der Waals surface area contributed by atoms with Gasteiger partial charge in [-0.3, -0.25) is 14.6 Å². The van der Waals surface area contributed by atoms with Crippen LogP contribution in [-0.4, -0.2) is 82.3 Å². The molecule has 1 aromatic carbocycles. The molecule has 2 aliphatic carbocycles. The number of amides is 2. The average Bonchev–Trinajstić information content (AvgIpc) is 3.82. The first kappa shape index (κ1) is 36.0. The second-order valence-corrected chi connectivity index (χ2v) is 15.8. The van der Waals surface area contributed by atoms with E-state index in [9.17, 15) is 22.8 Å². The standard InChI is InChI=1S/C22H20F3N5O2S.C13H14ClN3OS/c1-30(2)21(31)11-3-4-14-17(7-11)33-20-18(14)19(27-10-28-20)29-15-5-12-8-26-9-13(12)6-16(15)32-22(23,24)25;1-17(2)13(18)7-3-4-8-9(5-7)19-12-10(8)11(14)15-6-16-12/h5-6,8,10-11H,3-4,7,9H2,1-2H3,(H,27,28,29);6-7H,3-5H2,1-2H3. The summed E-state index contributed by atoms with van der Waals surface area (Å²) in [6, 6.07) is 2.95. The van der Waals surface area contributed by atoms with Crippen LogP contribution in [0.15, 0.2) is 29.8 Å². The molecule has 0 spiro atoms. The van der Waals surface area contributed by atoms with Gasteiger partial charge in [-0.05, 0) is 72.9 Å². The molecule has 2 atom stereocenters. The number of nitrogens with zero attached hydrogens (tertiary/aromatic N) is 7. The van der Waals surface area contributed by atoms with E-state index in [2.05, 4.69) is 35.0 Å². The quantitative estimate of drug-likeness (QED) is 0.190. The molecule has 0 fully saturated rings. The van der Waals surface area contributed by atoms with Crippen LogP contribution >= 0.6 is 34.3 Å². The molecule has 0 saturated carbocycles. The molecule has 5 heterocycles. The van der Waals surface area contributed by atoms with Gasteiger partial charge >= 0.3 is 6.36 Å². The monoisotopic (exact) mass is 770 g/mol. The minimum atomic E-state index is -4.83. The lowest BCUT2D eigenvalue weighted by molar-refractivity contribution is -0.274. The van der Waals surface area contributed by atoms with Crippen molar-refractivity contribution in [1.82, 2.24) is 29.7 Å². The second kappa shape index (κ2) is 14.2. The van der Waals surface area contributed by atoms with Crippen LogP contribution in [-0.2, 0) is 41.8 Å². The van der Waals surface area contributed by atoms with E-state index in [0.29, 0.717) is 42.3 Å². The Hall–Kier alpha value is -4.41. The van der Waals surface area contributed by atoms with E-state index >= 15 is 0 Å². The molecule has 3 aliphatic rings. The third-order valence-corrected chi connectivity index (χ3v) is 12.0. The number of anilines is 2. The van der Waals surface area contributed by atoms with Crippen LogP contribution in [0.3, 0.4) is 0 Å². The smallest absolute Gasteiger partial charge is 0.404 e. The molecule has 0 saturated heterocycles. The maximum atomic E-state index is 13.1. The highest BCUT2D eigenvalue weighted by atomic mass is 35.5. The van der Waals surface area contributed by atoms with Crippen molar-refractivity contribution in [2.75, 3.05) is 33.5 Å². The van der Waals surface area contributed by atoms with E-state index in [1.807, 2.05) is 14.1 Å². The lowest BCUT2D eigenvalue weighted by Gasteiger charge is -2.24. The molecule has 4 aromatic heterocycles. The zero-order chi connectivity index (χ0) is 36.9. The molecule has 5 aromatic rings. The Morgan fingerprint density at radius 2 is 1.44 bits per heavy atom. The third-order valence-electron chi connectivity index (χ3n) is 9.44. The maximum absolute atomic E-state index is 13.1. The number of aryl methyl sites for hydroxylation is 2. The Morgan fingerprint density at radius 3 is 2.04 bits per heavy atom. The topological polar surface area (TPSA) is 126 Å². The highest BCUT2D eigenvalue weighted by Crippen LogP contribution is 2.43. The van der Waals surface area contributed by atoms with Crippen LogP contribution in [0.5, 0.6) is 5.75 Å². The summed E-state index contributed by atoms with van der Waals surface area (Å²) in [5.74, 6) is 0.377. The summed E-state index contributed by atoms with van der Waals surface area (Å²) in [5.41, 5.74) is 3.83. The van der Waals surface area contributed by atoms with Gasteiger partial charge in [-0.1, -0.05) is 11.6 Å². The van der Waals surface area contributed by atoms with Gasteiger partial charge in [-0.2, -0.15) is 0 Å². The molecule has 2 unspecified atom stereocenters. The number of thiophene rings is 2. The van der Waals surface area contributed by atoms with E-state index in [1.165, 1.54) is 40.5 Å². The van der Waals surface area contributed by atoms with Crippen molar-refractivity contribution in [3.05, 3.63) is 61.9 Å². The van der Waals surface area contributed by atoms with Crippen molar-refractivity contribution in [2.45, 2.75) is 51.4 Å². The number of alkyl halides is 3. The minimum Gasteiger partial charge on any atom is -0.404 e. The minimum absolute atomic E-state index is 0.0855. The van der Waals surface area contributed by atoms with Crippen molar-refractivity contribution in [3.8, 4) is 5.75 Å². The summed E-state index contributed by atoms with van der Waals surface area (Å²) in [6.45, 7) is 0.312. The highest BCUT2D eigenvalue weighted by Gasteiger charge is 2.34. The van der Waals surface area contributed by atoms with Gasteiger partial charge in [0.15, 0.2) is 5.75 Å². The van der Waals surface area contributed by atoms with Gasteiger partial charge in [0.25, 0.3) is 0 Å². The molecule has 1 N–H and O–H groups in total. The number of fused-ring (bicyclic) bond motifs is 7. The van der Waals surface area contributed by atoms with Gasteiger partial charge in [0.2, 0.25) is 11.8 Å². The summed E-state index contributed by atoms with van der Waals surface area (Å²) < 4.78 is 43.5. The predicted octanol–water partition coefficient (Wildman–Crippen LogP) is 7.00.